The van der Waals surface area contributed by atoms with Crippen LogP contribution in [0.2, 0.25) is 0 Å². The number of unbranched alkanes of at least 4 members (excludes halogenated alkanes) is 21. The number of aliphatic hydroxyl groups is 1. The third-order valence-electron chi connectivity index (χ3n) is 7.83. The van der Waals surface area contributed by atoms with E-state index in [1.54, 1.807) is 0 Å². The third kappa shape index (κ3) is 29.9. The first-order valence-electron chi connectivity index (χ1n) is 17.5. The summed E-state index contributed by atoms with van der Waals surface area (Å²) < 4.78 is 10.5. The number of esters is 2. The Kier molecular flexibility index (Phi) is 30.0. The molecule has 0 radical (unpaired) electrons. The molecule has 5 nitrogen and oxygen atoms in total. The van der Waals surface area contributed by atoms with E-state index in [-0.39, 0.29) is 25.2 Å². The molecule has 0 aromatic carbocycles. The third-order valence-corrected chi connectivity index (χ3v) is 7.83. The van der Waals surface area contributed by atoms with E-state index in [4.69, 9.17) is 9.47 Å². The van der Waals surface area contributed by atoms with Gasteiger partial charge in [0.05, 0.1) is 6.61 Å². The predicted octanol–water partition coefficient (Wildman–Crippen LogP) is 10.3. The zero-order valence-electron chi connectivity index (χ0n) is 27.0. The maximum absolute atomic E-state index is 12.0. The summed E-state index contributed by atoms with van der Waals surface area (Å²) in [6, 6.07) is 0. The van der Waals surface area contributed by atoms with E-state index in [1.807, 2.05) is 0 Å². The molecule has 0 aliphatic heterocycles. The first kappa shape index (κ1) is 38.9. The SMILES string of the molecule is CCCCCCCCCCCCCCCCCCCC(=O)OC[C@H](CO)OC(=O)CCCCCCCCC(C)C. The predicted molar refractivity (Wildman–Crippen MR) is 168 cm³/mol. The molecule has 5 heteroatoms. The van der Waals surface area contributed by atoms with Gasteiger partial charge >= 0.3 is 11.9 Å². The molecule has 0 spiro atoms. The molecule has 0 aliphatic rings. The highest BCUT2D eigenvalue weighted by Gasteiger charge is 2.16. The monoisotopic (exact) mass is 569 g/mol. The Morgan fingerprint density at radius 1 is 0.550 bits per heavy atom. The van der Waals surface area contributed by atoms with Crippen molar-refractivity contribution < 1.29 is 24.2 Å². The highest BCUT2D eigenvalue weighted by atomic mass is 16.6. The number of ether oxygens (including phenoxy) is 2. The number of aliphatic hydroxyl groups excluding tert-OH is 1. The van der Waals surface area contributed by atoms with Gasteiger partial charge in [0.2, 0.25) is 0 Å². The lowest BCUT2D eigenvalue weighted by Gasteiger charge is -2.15. The fourth-order valence-corrected chi connectivity index (χ4v) is 5.15. The minimum absolute atomic E-state index is 0.0596. The van der Waals surface area contributed by atoms with Crippen LogP contribution in [0.4, 0.5) is 0 Å². The molecule has 0 aromatic heterocycles. The van der Waals surface area contributed by atoms with Crippen LogP contribution in [0.3, 0.4) is 0 Å². The summed E-state index contributed by atoms with van der Waals surface area (Å²) in [5, 5.41) is 9.48. The summed E-state index contributed by atoms with van der Waals surface area (Å²) in [6.07, 6.45) is 30.3. The van der Waals surface area contributed by atoms with Gasteiger partial charge in [-0.05, 0) is 18.8 Å². The summed E-state index contributed by atoms with van der Waals surface area (Å²) >= 11 is 0. The minimum atomic E-state index is -0.761. The largest absolute Gasteiger partial charge is 0.462 e. The van der Waals surface area contributed by atoms with Crippen molar-refractivity contribution in [3.05, 3.63) is 0 Å². The van der Waals surface area contributed by atoms with E-state index >= 15 is 0 Å². The second kappa shape index (κ2) is 30.8. The molecule has 0 fully saturated rings. The molecule has 0 amide bonds. The maximum atomic E-state index is 12.0. The Bertz CT molecular complexity index is 548. The zero-order chi connectivity index (χ0) is 29.5. The molecule has 0 saturated carbocycles. The van der Waals surface area contributed by atoms with E-state index in [2.05, 4.69) is 20.8 Å². The van der Waals surface area contributed by atoms with Crippen LogP contribution in [0.15, 0.2) is 0 Å². The molecule has 0 unspecified atom stereocenters. The van der Waals surface area contributed by atoms with E-state index in [1.165, 1.54) is 122 Å². The Labute approximate surface area is 248 Å². The lowest BCUT2D eigenvalue weighted by atomic mass is 10.0. The van der Waals surface area contributed by atoms with E-state index < -0.39 is 6.10 Å². The first-order chi connectivity index (χ1) is 19.5. The van der Waals surface area contributed by atoms with Crippen LogP contribution < -0.4 is 0 Å². The van der Waals surface area contributed by atoms with Gasteiger partial charge in [0.25, 0.3) is 0 Å². The van der Waals surface area contributed by atoms with Crippen LogP contribution in [-0.2, 0) is 19.1 Å². The number of hydrogen-bond acceptors (Lipinski definition) is 5. The summed E-state index contributed by atoms with van der Waals surface area (Å²) in [7, 11) is 0. The molecule has 1 atom stereocenters. The molecular weight excluding hydrogens is 500 g/mol. The van der Waals surface area contributed by atoms with Gasteiger partial charge in [0.1, 0.15) is 6.61 Å². The smallest absolute Gasteiger partial charge is 0.306 e. The Hall–Kier alpha value is -1.10. The Balaban J connectivity index is 3.50. The zero-order valence-corrected chi connectivity index (χ0v) is 27.0. The average Bonchev–Trinajstić information content (AvgIpc) is 2.93. The fourth-order valence-electron chi connectivity index (χ4n) is 5.15. The lowest BCUT2D eigenvalue weighted by molar-refractivity contribution is -0.161. The van der Waals surface area contributed by atoms with Crippen LogP contribution in [0.1, 0.15) is 188 Å². The number of hydrogen-bond donors (Lipinski definition) is 1. The van der Waals surface area contributed by atoms with Crippen molar-refractivity contribution >= 4 is 11.9 Å². The number of carbonyl (C=O) groups excluding carboxylic acids is 2. The summed E-state index contributed by atoms with van der Waals surface area (Å²) in [5.74, 6) is 0.188. The van der Waals surface area contributed by atoms with E-state index in [9.17, 15) is 14.7 Å². The van der Waals surface area contributed by atoms with Crippen LogP contribution >= 0.6 is 0 Å². The molecule has 40 heavy (non-hydrogen) atoms. The molecular formula is C35H68O5. The molecule has 0 bridgehead atoms. The Morgan fingerprint density at radius 3 is 1.32 bits per heavy atom. The molecule has 0 saturated heterocycles. The topological polar surface area (TPSA) is 72.8 Å². The van der Waals surface area contributed by atoms with Crippen molar-refractivity contribution in [2.24, 2.45) is 5.92 Å². The molecule has 0 heterocycles. The molecule has 1 N–H and O–H groups in total. The highest BCUT2D eigenvalue weighted by molar-refractivity contribution is 5.70. The molecule has 0 rings (SSSR count). The van der Waals surface area contributed by atoms with Gasteiger partial charge in [-0.1, -0.05) is 162 Å². The minimum Gasteiger partial charge on any atom is -0.462 e. The summed E-state index contributed by atoms with van der Waals surface area (Å²) in [5.41, 5.74) is 0. The van der Waals surface area contributed by atoms with Crippen molar-refractivity contribution in [3.8, 4) is 0 Å². The average molecular weight is 569 g/mol. The normalized spacial score (nSPS) is 12.1. The lowest BCUT2D eigenvalue weighted by Crippen LogP contribution is -2.28. The van der Waals surface area contributed by atoms with Gasteiger partial charge in [0, 0.05) is 12.8 Å². The van der Waals surface area contributed by atoms with Gasteiger partial charge in [-0.25, -0.2) is 0 Å². The van der Waals surface area contributed by atoms with Crippen molar-refractivity contribution in [1.29, 1.82) is 0 Å². The standard InChI is InChI=1S/C35H68O5/c1-4-5-6-7-8-9-10-11-12-13-14-15-16-17-18-22-25-28-34(37)39-31-33(30-36)40-35(38)29-26-23-20-19-21-24-27-32(2)3/h32-33,36H,4-31H2,1-3H3/t33-/m0/s1. The Morgan fingerprint density at radius 2 is 0.925 bits per heavy atom. The second-order valence-corrected chi connectivity index (χ2v) is 12.4. The van der Waals surface area contributed by atoms with Crippen LogP contribution in [-0.4, -0.2) is 36.4 Å². The second-order valence-electron chi connectivity index (χ2n) is 12.4. The summed E-state index contributed by atoms with van der Waals surface area (Å²) in [6.45, 7) is 6.41. The van der Waals surface area contributed by atoms with Crippen LogP contribution in [0, 0.1) is 5.92 Å². The van der Waals surface area contributed by atoms with Gasteiger partial charge in [-0.15, -0.1) is 0 Å². The van der Waals surface area contributed by atoms with E-state index in [0.29, 0.717) is 12.8 Å². The van der Waals surface area contributed by atoms with Gasteiger partial charge in [-0.2, -0.15) is 0 Å². The quantitative estimate of drug-likeness (QED) is 0.0665. The van der Waals surface area contributed by atoms with Crippen molar-refractivity contribution in [1.82, 2.24) is 0 Å². The van der Waals surface area contributed by atoms with Crippen molar-refractivity contribution in [3.63, 3.8) is 0 Å². The molecule has 238 valence electrons. The van der Waals surface area contributed by atoms with Gasteiger partial charge < -0.3 is 14.6 Å². The molecule has 0 aromatic rings. The molecule has 0 aliphatic carbocycles. The van der Waals surface area contributed by atoms with Crippen molar-refractivity contribution in [2.75, 3.05) is 13.2 Å². The fraction of sp³-hybridized carbons (Fsp3) is 0.943. The van der Waals surface area contributed by atoms with E-state index in [0.717, 1.165) is 38.0 Å². The highest BCUT2D eigenvalue weighted by Crippen LogP contribution is 2.15. The summed E-state index contributed by atoms with van der Waals surface area (Å²) in [4.78, 5) is 24.1. The number of rotatable bonds is 31. The first-order valence-corrected chi connectivity index (χ1v) is 17.5. The maximum Gasteiger partial charge on any atom is 0.306 e. The van der Waals surface area contributed by atoms with Crippen molar-refractivity contribution in [2.45, 2.75) is 194 Å². The van der Waals surface area contributed by atoms with Crippen LogP contribution in [0.5, 0.6) is 0 Å². The number of carbonyl (C=O) groups is 2. The van der Waals surface area contributed by atoms with Crippen LogP contribution in [0.25, 0.3) is 0 Å². The van der Waals surface area contributed by atoms with Gasteiger partial charge in [-0.3, -0.25) is 9.59 Å². The van der Waals surface area contributed by atoms with Gasteiger partial charge in [0.15, 0.2) is 6.10 Å².